The van der Waals surface area contributed by atoms with Gasteiger partial charge in [0.25, 0.3) is 0 Å². The van der Waals surface area contributed by atoms with Gasteiger partial charge in [-0.25, -0.2) is 9.07 Å². The van der Waals surface area contributed by atoms with Gasteiger partial charge in [-0.2, -0.15) is 10.2 Å². The average molecular weight is 354 g/mol. The van der Waals surface area contributed by atoms with Crippen LogP contribution in [0.15, 0.2) is 36.7 Å². The highest BCUT2D eigenvalue weighted by molar-refractivity contribution is 7.21. The molecular formula is C18H15FN4OS. The lowest BCUT2D eigenvalue weighted by Gasteiger charge is -2.12. The molecule has 0 bridgehead atoms. The summed E-state index contributed by atoms with van der Waals surface area (Å²) in [6.45, 7) is 1.37. The number of fused-ring (bicyclic) bond motifs is 2. The molecule has 3 aromatic heterocycles. The van der Waals surface area contributed by atoms with E-state index >= 15 is 0 Å². The van der Waals surface area contributed by atoms with E-state index in [4.69, 9.17) is 4.74 Å². The summed E-state index contributed by atoms with van der Waals surface area (Å²) in [5.74, 6) is -0.295. The van der Waals surface area contributed by atoms with E-state index in [0.717, 1.165) is 39.1 Å². The van der Waals surface area contributed by atoms with Gasteiger partial charge in [0.05, 0.1) is 13.2 Å². The molecule has 0 radical (unpaired) electrons. The van der Waals surface area contributed by atoms with Gasteiger partial charge in [-0.1, -0.05) is 0 Å². The number of ether oxygens (including phenoxy) is 1. The molecule has 0 spiro atoms. The summed E-state index contributed by atoms with van der Waals surface area (Å²) < 4.78 is 23.2. The Kier molecular flexibility index (Phi) is 3.26. The third kappa shape index (κ3) is 2.47. The van der Waals surface area contributed by atoms with Crippen LogP contribution < -0.4 is 0 Å². The minimum atomic E-state index is -0.295. The van der Waals surface area contributed by atoms with Crippen LogP contribution in [0.5, 0.6) is 0 Å². The lowest BCUT2D eigenvalue weighted by atomic mass is 10.1. The Morgan fingerprint density at radius 1 is 1.16 bits per heavy atom. The Morgan fingerprint density at radius 2 is 2.08 bits per heavy atom. The van der Waals surface area contributed by atoms with Gasteiger partial charge in [-0.3, -0.25) is 4.68 Å². The number of nitrogens with zero attached hydrogens (tertiary/aromatic N) is 4. The maximum Gasteiger partial charge on any atom is 0.151 e. The molecule has 25 heavy (non-hydrogen) atoms. The third-order valence-electron chi connectivity index (χ3n) is 4.39. The molecule has 0 atom stereocenters. The fourth-order valence-corrected chi connectivity index (χ4v) is 4.18. The first kappa shape index (κ1) is 14.8. The van der Waals surface area contributed by atoms with E-state index < -0.39 is 0 Å². The van der Waals surface area contributed by atoms with Crippen LogP contribution in [0.4, 0.5) is 4.39 Å². The number of benzene rings is 1. The summed E-state index contributed by atoms with van der Waals surface area (Å²) in [7, 11) is 1.80. The van der Waals surface area contributed by atoms with Crippen molar-refractivity contribution in [2.24, 2.45) is 7.05 Å². The molecule has 126 valence electrons. The van der Waals surface area contributed by atoms with Crippen molar-refractivity contribution in [1.82, 2.24) is 19.6 Å². The van der Waals surface area contributed by atoms with Crippen LogP contribution in [0.3, 0.4) is 0 Å². The normalized spacial score (nSPS) is 15.2. The second-order valence-electron chi connectivity index (χ2n) is 6.16. The van der Waals surface area contributed by atoms with Crippen molar-refractivity contribution >= 4 is 38.2 Å². The van der Waals surface area contributed by atoms with E-state index in [0.29, 0.717) is 12.1 Å². The van der Waals surface area contributed by atoms with E-state index in [1.54, 1.807) is 29.1 Å². The van der Waals surface area contributed by atoms with Crippen LogP contribution in [0.2, 0.25) is 0 Å². The monoisotopic (exact) mass is 354 g/mol. The molecule has 1 aromatic carbocycles. The van der Waals surface area contributed by atoms with Gasteiger partial charge < -0.3 is 4.74 Å². The van der Waals surface area contributed by atoms with E-state index in [9.17, 15) is 4.39 Å². The molecular weight excluding hydrogens is 339 g/mol. The van der Waals surface area contributed by atoms with Crippen molar-refractivity contribution in [3.05, 3.63) is 42.5 Å². The Bertz CT molecular complexity index is 1110. The van der Waals surface area contributed by atoms with E-state index in [2.05, 4.69) is 22.3 Å². The minimum Gasteiger partial charge on any atom is -0.377 e. The Morgan fingerprint density at radius 3 is 2.88 bits per heavy atom. The second kappa shape index (κ2) is 5.50. The van der Waals surface area contributed by atoms with Crippen LogP contribution in [0.1, 0.15) is 6.42 Å². The van der Waals surface area contributed by atoms with Gasteiger partial charge in [0.1, 0.15) is 10.3 Å². The molecule has 0 fully saturated rings. The molecule has 0 unspecified atom stereocenters. The molecule has 7 heteroatoms. The van der Waals surface area contributed by atoms with Crippen LogP contribution in [-0.4, -0.2) is 32.8 Å². The topological polar surface area (TPSA) is 44.9 Å². The number of rotatable bonds is 2. The van der Waals surface area contributed by atoms with Crippen molar-refractivity contribution in [2.45, 2.75) is 6.42 Å². The predicted octanol–water partition coefficient (Wildman–Crippen LogP) is 4.05. The fraction of sp³-hybridized carbons (Fsp3) is 0.222. The molecule has 0 aliphatic carbocycles. The summed E-state index contributed by atoms with van der Waals surface area (Å²) in [4.78, 5) is 1.96. The molecule has 1 aliphatic rings. The standard InChI is InChI=1S/C18H15FN4OS/c1-22-9-12-6-11(7-15(19)17(12)20-22)16-8-13-10-23(21-18(13)25-16)14-2-4-24-5-3-14/h2,6-10H,3-5H2,1H3. The molecule has 0 saturated carbocycles. The molecule has 4 aromatic rings. The Labute approximate surface area is 146 Å². The lowest BCUT2D eigenvalue weighted by molar-refractivity contribution is 0.159. The molecule has 0 saturated heterocycles. The zero-order chi connectivity index (χ0) is 17.0. The average Bonchev–Trinajstić information content (AvgIpc) is 3.27. The summed E-state index contributed by atoms with van der Waals surface area (Å²) in [6, 6.07) is 5.60. The zero-order valence-corrected chi connectivity index (χ0v) is 14.4. The summed E-state index contributed by atoms with van der Waals surface area (Å²) >= 11 is 1.57. The summed E-state index contributed by atoms with van der Waals surface area (Å²) in [5.41, 5.74) is 2.43. The highest BCUT2D eigenvalue weighted by atomic mass is 32.1. The molecule has 0 amide bonds. The first-order valence-corrected chi connectivity index (χ1v) is 8.89. The molecule has 5 nitrogen and oxygen atoms in total. The van der Waals surface area contributed by atoms with Gasteiger partial charge in [0.15, 0.2) is 5.82 Å². The molecule has 4 heterocycles. The Balaban J connectivity index is 1.57. The highest BCUT2D eigenvalue weighted by Gasteiger charge is 2.14. The summed E-state index contributed by atoms with van der Waals surface area (Å²) in [5, 5.41) is 10.7. The van der Waals surface area contributed by atoms with Gasteiger partial charge in [0.2, 0.25) is 0 Å². The van der Waals surface area contributed by atoms with E-state index in [1.165, 1.54) is 5.70 Å². The SMILES string of the molecule is Cn1cc2cc(-c3cc4cn(C5=CCOCC5)nc4s3)cc(F)c2n1. The molecule has 1 aliphatic heterocycles. The quantitative estimate of drug-likeness (QED) is 0.545. The predicted molar refractivity (Wildman–Crippen MR) is 97.0 cm³/mol. The van der Waals surface area contributed by atoms with Crippen LogP contribution in [-0.2, 0) is 11.8 Å². The Hall–Kier alpha value is -2.51. The number of hydrogen-bond acceptors (Lipinski definition) is 4. The number of aryl methyl sites for hydroxylation is 1. The van der Waals surface area contributed by atoms with E-state index in [-0.39, 0.29) is 5.82 Å². The van der Waals surface area contributed by atoms with Crippen molar-refractivity contribution < 1.29 is 9.13 Å². The van der Waals surface area contributed by atoms with E-state index in [1.807, 2.05) is 23.1 Å². The third-order valence-corrected chi connectivity index (χ3v) is 5.48. The maximum absolute atomic E-state index is 14.3. The van der Waals surface area contributed by atoms with Gasteiger partial charge >= 0.3 is 0 Å². The van der Waals surface area contributed by atoms with Gasteiger partial charge in [-0.05, 0) is 29.8 Å². The summed E-state index contributed by atoms with van der Waals surface area (Å²) in [6.07, 6.45) is 6.79. The number of halogens is 1. The number of hydrogen-bond donors (Lipinski definition) is 0. The lowest BCUT2D eigenvalue weighted by Crippen LogP contribution is -2.08. The maximum atomic E-state index is 14.3. The largest absolute Gasteiger partial charge is 0.377 e. The highest BCUT2D eigenvalue weighted by Crippen LogP contribution is 2.35. The fourth-order valence-electron chi connectivity index (χ4n) is 3.19. The first-order chi connectivity index (χ1) is 12.2. The van der Waals surface area contributed by atoms with Crippen molar-refractivity contribution in [3.63, 3.8) is 0 Å². The zero-order valence-electron chi connectivity index (χ0n) is 13.6. The molecule has 5 rings (SSSR count). The first-order valence-electron chi connectivity index (χ1n) is 8.07. The smallest absolute Gasteiger partial charge is 0.151 e. The molecule has 0 N–H and O–H groups in total. The van der Waals surface area contributed by atoms with Crippen molar-refractivity contribution in [2.75, 3.05) is 13.2 Å². The van der Waals surface area contributed by atoms with Gasteiger partial charge in [-0.15, -0.1) is 11.3 Å². The van der Waals surface area contributed by atoms with Crippen molar-refractivity contribution in [1.29, 1.82) is 0 Å². The van der Waals surface area contributed by atoms with Crippen molar-refractivity contribution in [3.8, 4) is 10.4 Å². The second-order valence-corrected chi connectivity index (χ2v) is 7.19. The van der Waals surface area contributed by atoms with Gasteiger partial charge in [0, 0.05) is 47.2 Å². The number of thiophene rings is 1. The number of aromatic nitrogens is 4. The van der Waals surface area contributed by atoms with Crippen LogP contribution in [0, 0.1) is 5.82 Å². The van der Waals surface area contributed by atoms with Crippen LogP contribution in [0.25, 0.3) is 37.3 Å². The van der Waals surface area contributed by atoms with Crippen LogP contribution >= 0.6 is 11.3 Å². The minimum absolute atomic E-state index is 0.295.